The second kappa shape index (κ2) is 10.7. The van der Waals surface area contributed by atoms with Crippen molar-refractivity contribution in [1.82, 2.24) is 0 Å². The molecule has 0 aliphatic heterocycles. The van der Waals surface area contributed by atoms with E-state index in [4.69, 9.17) is 0 Å². The van der Waals surface area contributed by atoms with Gasteiger partial charge in [0.15, 0.2) is 0 Å². The molecule has 1 aromatic rings. The van der Waals surface area contributed by atoms with Gasteiger partial charge in [-0.1, -0.05) is 112 Å². The van der Waals surface area contributed by atoms with Crippen LogP contribution in [0.25, 0.3) is 0 Å². The fraction of sp³-hybridized carbons (Fsp3) is 0.455. The van der Waals surface area contributed by atoms with E-state index in [-0.39, 0.29) is 0 Å². The fourth-order valence-electron chi connectivity index (χ4n) is 6.27. The molecule has 1 atom stereocenters. The number of rotatable bonds is 8. The molecule has 5 rings (SSSR count). The second-order valence-corrected chi connectivity index (χ2v) is 10.7. The highest BCUT2D eigenvalue weighted by atomic mass is 14.3. The van der Waals surface area contributed by atoms with Crippen LogP contribution in [-0.4, -0.2) is 0 Å². The molecule has 0 radical (unpaired) electrons. The number of benzene rings is 1. The SMILES string of the molecule is CCCCC1CCC(Cc2ccc(CC3=CC=C(C4=CCCC=C4)C4C=CC=C34)cc2)CC1. The zero-order chi connectivity index (χ0) is 22.5. The molecule has 0 heterocycles. The topological polar surface area (TPSA) is 0 Å². The Labute approximate surface area is 201 Å². The smallest absolute Gasteiger partial charge is 0.0281 e. The Morgan fingerprint density at radius 1 is 0.818 bits per heavy atom. The third kappa shape index (κ3) is 5.43. The van der Waals surface area contributed by atoms with Crippen LogP contribution in [0.15, 0.2) is 95.2 Å². The van der Waals surface area contributed by atoms with Crippen molar-refractivity contribution in [3.05, 3.63) is 106 Å². The van der Waals surface area contributed by atoms with E-state index in [0.717, 1.165) is 18.3 Å². The van der Waals surface area contributed by atoms with Gasteiger partial charge in [-0.25, -0.2) is 0 Å². The standard InChI is InChI=1S/C33H40/c1-2-3-8-25-13-15-26(16-14-25)23-27-17-19-28(20-18-27)24-30-21-22-32(29-9-5-4-6-10-29)33-12-7-11-31(30)33/h5,7,9-12,17-22,25-26,33H,2-4,6,8,13-16,23-24H2,1H3. The molecule has 1 unspecified atom stereocenters. The van der Waals surface area contributed by atoms with Crippen LogP contribution in [0.5, 0.6) is 0 Å². The Balaban J connectivity index is 1.19. The van der Waals surface area contributed by atoms with E-state index in [1.807, 2.05) is 0 Å². The van der Waals surface area contributed by atoms with Crippen molar-refractivity contribution in [2.75, 3.05) is 0 Å². The van der Waals surface area contributed by atoms with Crippen LogP contribution in [-0.2, 0) is 12.8 Å². The van der Waals surface area contributed by atoms with Gasteiger partial charge in [0.1, 0.15) is 0 Å². The predicted molar refractivity (Wildman–Crippen MR) is 142 cm³/mol. The quantitative estimate of drug-likeness (QED) is 0.381. The maximum absolute atomic E-state index is 2.41. The molecule has 0 heteroatoms. The summed E-state index contributed by atoms with van der Waals surface area (Å²) in [6, 6.07) is 9.57. The normalized spacial score (nSPS) is 26.4. The first-order chi connectivity index (χ1) is 16.3. The van der Waals surface area contributed by atoms with Crippen LogP contribution >= 0.6 is 0 Å². The van der Waals surface area contributed by atoms with Gasteiger partial charge in [0.2, 0.25) is 0 Å². The zero-order valence-corrected chi connectivity index (χ0v) is 20.4. The van der Waals surface area contributed by atoms with Gasteiger partial charge in [0, 0.05) is 5.92 Å². The number of unbranched alkanes of at least 4 members (excludes halogenated alkanes) is 1. The van der Waals surface area contributed by atoms with Gasteiger partial charge in [0.05, 0.1) is 0 Å². The van der Waals surface area contributed by atoms with Crippen LogP contribution in [0.3, 0.4) is 0 Å². The Kier molecular flexibility index (Phi) is 7.30. The van der Waals surface area contributed by atoms with Crippen molar-refractivity contribution in [1.29, 1.82) is 0 Å². The molecule has 0 bridgehead atoms. The lowest BCUT2D eigenvalue weighted by molar-refractivity contribution is 0.258. The van der Waals surface area contributed by atoms with Gasteiger partial charge in [-0.3, -0.25) is 0 Å². The Bertz CT molecular complexity index is 997. The van der Waals surface area contributed by atoms with Crippen LogP contribution in [0.4, 0.5) is 0 Å². The molecule has 0 N–H and O–H groups in total. The molecule has 0 saturated heterocycles. The predicted octanol–water partition coefficient (Wildman–Crippen LogP) is 9.02. The first-order valence-electron chi connectivity index (χ1n) is 13.5. The molecular weight excluding hydrogens is 396 g/mol. The largest absolute Gasteiger partial charge is 0.0836 e. The highest BCUT2D eigenvalue weighted by molar-refractivity contribution is 5.60. The van der Waals surface area contributed by atoms with Gasteiger partial charge in [-0.2, -0.15) is 0 Å². The van der Waals surface area contributed by atoms with Crippen molar-refractivity contribution < 1.29 is 0 Å². The third-order valence-corrected chi connectivity index (χ3v) is 8.29. The number of hydrogen-bond donors (Lipinski definition) is 0. The Morgan fingerprint density at radius 2 is 1.61 bits per heavy atom. The van der Waals surface area contributed by atoms with Crippen LogP contribution in [0.2, 0.25) is 0 Å². The number of allylic oxidation sites excluding steroid dienone is 12. The average molecular weight is 437 g/mol. The summed E-state index contributed by atoms with van der Waals surface area (Å²) < 4.78 is 0. The summed E-state index contributed by atoms with van der Waals surface area (Å²) in [4.78, 5) is 0. The summed E-state index contributed by atoms with van der Waals surface area (Å²) in [6.45, 7) is 2.32. The van der Waals surface area contributed by atoms with E-state index in [0.29, 0.717) is 5.92 Å². The average Bonchev–Trinajstić information content (AvgIpc) is 3.36. The summed E-state index contributed by atoms with van der Waals surface area (Å²) in [5, 5.41) is 0. The molecule has 1 fully saturated rings. The van der Waals surface area contributed by atoms with Crippen LogP contribution in [0, 0.1) is 17.8 Å². The van der Waals surface area contributed by atoms with Crippen molar-refractivity contribution >= 4 is 0 Å². The van der Waals surface area contributed by atoms with Crippen LogP contribution in [0.1, 0.15) is 75.8 Å². The highest BCUT2D eigenvalue weighted by Crippen LogP contribution is 2.41. The highest BCUT2D eigenvalue weighted by Gasteiger charge is 2.26. The molecule has 0 amide bonds. The summed E-state index contributed by atoms with van der Waals surface area (Å²) >= 11 is 0. The van der Waals surface area contributed by atoms with Crippen LogP contribution < -0.4 is 0 Å². The molecule has 172 valence electrons. The Morgan fingerprint density at radius 3 is 2.36 bits per heavy atom. The van der Waals surface area contributed by atoms with E-state index < -0.39 is 0 Å². The number of hydrogen-bond acceptors (Lipinski definition) is 0. The second-order valence-electron chi connectivity index (χ2n) is 10.7. The molecule has 4 aliphatic carbocycles. The minimum Gasteiger partial charge on any atom is -0.0836 e. The van der Waals surface area contributed by atoms with Gasteiger partial charge in [-0.05, 0) is 83.8 Å². The van der Waals surface area contributed by atoms with Crippen molar-refractivity contribution in [2.24, 2.45) is 17.8 Å². The molecule has 33 heavy (non-hydrogen) atoms. The minimum absolute atomic E-state index is 0.436. The van der Waals surface area contributed by atoms with E-state index in [2.05, 4.69) is 79.8 Å². The first-order valence-corrected chi connectivity index (χ1v) is 13.5. The third-order valence-electron chi connectivity index (χ3n) is 8.29. The lowest BCUT2D eigenvalue weighted by Crippen LogP contribution is -2.16. The number of fused-ring (bicyclic) bond motifs is 1. The van der Waals surface area contributed by atoms with Crippen molar-refractivity contribution in [3.63, 3.8) is 0 Å². The molecule has 1 saturated carbocycles. The first kappa shape index (κ1) is 22.5. The lowest BCUT2D eigenvalue weighted by atomic mass is 9.77. The van der Waals surface area contributed by atoms with Gasteiger partial charge >= 0.3 is 0 Å². The van der Waals surface area contributed by atoms with Gasteiger partial charge < -0.3 is 0 Å². The van der Waals surface area contributed by atoms with Gasteiger partial charge in [-0.15, -0.1) is 0 Å². The molecule has 4 aliphatic rings. The van der Waals surface area contributed by atoms with E-state index in [1.165, 1.54) is 97.6 Å². The maximum atomic E-state index is 2.41. The summed E-state index contributed by atoms with van der Waals surface area (Å²) in [5.74, 6) is 2.35. The van der Waals surface area contributed by atoms with Gasteiger partial charge in [0.25, 0.3) is 0 Å². The molecular formula is C33H40. The molecule has 0 nitrogen and oxygen atoms in total. The van der Waals surface area contributed by atoms with E-state index >= 15 is 0 Å². The van der Waals surface area contributed by atoms with E-state index in [1.54, 1.807) is 0 Å². The summed E-state index contributed by atoms with van der Waals surface area (Å²) in [6.07, 6.45) is 33.4. The van der Waals surface area contributed by atoms with E-state index in [9.17, 15) is 0 Å². The summed E-state index contributed by atoms with van der Waals surface area (Å²) in [5.41, 5.74) is 8.83. The molecule has 1 aromatic carbocycles. The molecule has 0 aromatic heterocycles. The van der Waals surface area contributed by atoms with Crippen molar-refractivity contribution in [2.45, 2.75) is 77.6 Å². The lowest BCUT2D eigenvalue weighted by Gasteiger charge is -2.28. The Hall–Kier alpha value is -2.34. The maximum Gasteiger partial charge on any atom is 0.0281 e. The van der Waals surface area contributed by atoms with Crippen molar-refractivity contribution in [3.8, 4) is 0 Å². The minimum atomic E-state index is 0.436. The fourth-order valence-corrected chi connectivity index (χ4v) is 6.27. The summed E-state index contributed by atoms with van der Waals surface area (Å²) in [7, 11) is 0. The monoisotopic (exact) mass is 436 g/mol. The zero-order valence-electron chi connectivity index (χ0n) is 20.4. The molecule has 0 spiro atoms.